The highest BCUT2D eigenvalue weighted by Gasteiger charge is 2.23. The molecule has 0 saturated heterocycles. The van der Waals surface area contributed by atoms with Gasteiger partial charge < -0.3 is 15.3 Å². The van der Waals surface area contributed by atoms with Crippen molar-refractivity contribution in [2.24, 2.45) is 5.92 Å². The molecule has 5 heteroatoms. The average Bonchev–Trinajstić information content (AvgIpc) is 2.44. The normalized spacial score (nSPS) is 12.0. The first-order valence-corrected chi connectivity index (χ1v) is 7.26. The molecule has 1 aromatic rings. The van der Waals surface area contributed by atoms with E-state index in [9.17, 15) is 14.7 Å². The average molecular weight is 292 g/mol. The van der Waals surface area contributed by atoms with Crippen LogP contribution in [0.3, 0.4) is 0 Å². The number of carbonyl (C=O) groups is 2. The van der Waals surface area contributed by atoms with Gasteiger partial charge in [0.05, 0.1) is 0 Å². The Morgan fingerprint density at radius 1 is 1.24 bits per heavy atom. The quantitative estimate of drug-likeness (QED) is 0.812. The van der Waals surface area contributed by atoms with Crippen molar-refractivity contribution >= 4 is 12.0 Å². The third-order valence-electron chi connectivity index (χ3n) is 3.19. The minimum atomic E-state index is -0.993. The van der Waals surface area contributed by atoms with Gasteiger partial charge in [0.15, 0.2) is 0 Å². The fourth-order valence-electron chi connectivity index (χ4n) is 2.06. The van der Waals surface area contributed by atoms with Gasteiger partial charge in [0.25, 0.3) is 0 Å². The summed E-state index contributed by atoms with van der Waals surface area (Å²) in [6, 6.07) is 8.46. The van der Waals surface area contributed by atoms with E-state index in [-0.39, 0.29) is 11.9 Å². The second kappa shape index (κ2) is 8.29. The van der Waals surface area contributed by atoms with Crippen molar-refractivity contribution in [2.75, 3.05) is 6.54 Å². The van der Waals surface area contributed by atoms with Gasteiger partial charge in [0, 0.05) is 13.1 Å². The fraction of sp³-hybridized carbons (Fsp3) is 0.500. The molecule has 0 aliphatic rings. The molecule has 0 aliphatic carbocycles. The van der Waals surface area contributed by atoms with Gasteiger partial charge in [-0.05, 0) is 24.8 Å². The first-order chi connectivity index (χ1) is 9.93. The Hall–Kier alpha value is -2.04. The van der Waals surface area contributed by atoms with Crippen molar-refractivity contribution in [1.82, 2.24) is 10.2 Å². The number of aliphatic carboxylic acids is 1. The van der Waals surface area contributed by atoms with Gasteiger partial charge in [-0.25, -0.2) is 9.59 Å². The van der Waals surface area contributed by atoms with Crippen LogP contribution in [0.1, 0.15) is 32.8 Å². The van der Waals surface area contributed by atoms with E-state index in [0.717, 1.165) is 5.56 Å². The van der Waals surface area contributed by atoms with Gasteiger partial charge >= 0.3 is 12.0 Å². The molecule has 1 atom stereocenters. The molecule has 1 unspecified atom stereocenters. The molecule has 1 rings (SSSR count). The minimum absolute atomic E-state index is 0.204. The molecule has 0 spiro atoms. The Labute approximate surface area is 126 Å². The summed E-state index contributed by atoms with van der Waals surface area (Å²) in [4.78, 5) is 25.0. The number of urea groups is 1. The summed E-state index contributed by atoms with van der Waals surface area (Å²) in [5.74, 6) is -0.789. The van der Waals surface area contributed by atoms with Crippen LogP contribution in [-0.4, -0.2) is 34.6 Å². The lowest BCUT2D eigenvalue weighted by atomic mass is 10.0. The Morgan fingerprint density at radius 2 is 1.86 bits per heavy atom. The number of rotatable bonds is 7. The number of carboxylic acid groups (broad SMARTS) is 1. The van der Waals surface area contributed by atoms with Crippen molar-refractivity contribution in [3.63, 3.8) is 0 Å². The van der Waals surface area contributed by atoms with Crippen molar-refractivity contribution in [2.45, 2.75) is 39.8 Å². The summed E-state index contributed by atoms with van der Waals surface area (Å²) >= 11 is 0. The molecule has 0 aliphatic heterocycles. The summed E-state index contributed by atoms with van der Waals surface area (Å²) in [5, 5.41) is 11.8. The fourth-order valence-corrected chi connectivity index (χ4v) is 2.06. The van der Waals surface area contributed by atoms with E-state index in [1.165, 1.54) is 0 Å². The number of nitrogens with zero attached hydrogens (tertiary/aromatic N) is 1. The zero-order valence-corrected chi connectivity index (χ0v) is 12.9. The third kappa shape index (κ3) is 5.85. The van der Waals surface area contributed by atoms with Gasteiger partial charge in [0.2, 0.25) is 0 Å². The van der Waals surface area contributed by atoms with E-state index < -0.39 is 12.0 Å². The number of carboxylic acids is 1. The van der Waals surface area contributed by atoms with Crippen LogP contribution >= 0.6 is 0 Å². The van der Waals surface area contributed by atoms with E-state index in [2.05, 4.69) is 5.32 Å². The smallest absolute Gasteiger partial charge is 0.326 e. The van der Waals surface area contributed by atoms with Crippen LogP contribution in [-0.2, 0) is 11.3 Å². The Bertz CT molecular complexity index is 460. The van der Waals surface area contributed by atoms with E-state index in [1.54, 1.807) is 4.90 Å². The summed E-state index contributed by atoms with van der Waals surface area (Å²) in [6.45, 7) is 6.74. The molecule has 0 saturated carbocycles. The first kappa shape index (κ1) is 17.0. The number of nitrogens with one attached hydrogen (secondary N) is 1. The van der Waals surface area contributed by atoms with E-state index in [4.69, 9.17) is 0 Å². The van der Waals surface area contributed by atoms with Crippen LogP contribution in [0.25, 0.3) is 0 Å². The van der Waals surface area contributed by atoms with Crippen molar-refractivity contribution in [3.05, 3.63) is 35.9 Å². The van der Waals surface area contributed by atoms with Crippen LogP contribution in [0, 0.1) is 5.92 Å². The van der Waals surface area contributed by atoms with Crippen molar-refractivity contribution in [1.29, 1.82) is 0 Å². The van der Waals surface area contributed by atoms with Crippen LogP contribution in [0.4, 0.5) is 4.79 Å². The predicted octanol–water partition coefficient (Wildman–Crippen LogP) is 2.72. The Morgan fingerprint density at radius 3 is 2.33 bits per heavy atom. The number of hydrogen-bond acceptors (Lipinski definition) is 2. The molecular weight excluding hydrogens is 268 g/mol. The molecule has 0 heterocycles. The largest absolute Gasteiger partial charge is 0.480 e. The summed E-state index contributed by atoms with van der Waals surface area (Å²) in [5.41, 5.74) is 1.02. The van der Waals surface area contributed by atoms with Crippen molar-refractivity contribution in [3.8, 4) is 0 Å². The second-order valence-electron chi connectivity index (χ2n) is 5.47. The molecule has 0 bridgehead atoms. The molecule has 5 nitrogen and oxygen atoms in total. The maximum atomic E-state index is 12.2. The van der Waals surface area contributed by atoms with Crippen LogP contribution < -0.4 is 5.32 Å². The zero-order valence-electron chi connectivity index (χ0n) is 12.9. The van der Waals surface area contributed by atoms with Gasteiger partial charge in [-0.15, -0.1) is 0 Å². The molecule has 21 heavy (non-hydrogen) atoms. The molecule has 116 valence electrons. The van der Waals surface area contributed by atoms with E-state index >= 15 is 0 Å². The van der Waals surface area contributed by atoms with Crippen LogP contribution in [0.5, 0.6) is 0 Å². The van der Waals surface area contributed by atoms with Gasteiger partial charge in [0.1, 0.15) is 6.04 Å². The lowest BCUT2D eigenvalue weighted by Crippen LogP contribution is -2.48. The molecule has 0 aromatic heterocycles. The summed E-state index contributed by atoms with van der Waals surface area (Å²) in [6.07, 6.45) is 0.421. The van der Waals surface area contributed by atoms with Crippen molar-refractivity contribution < 1.29 is 14.7 Å². The SMILES string of the molecule is CCN(Cc1ccccc1)C(=O)NC(CC(C)C)C(=O)O. The van der Waals surface area contributed by atoms with Crippen LogP contribution in [0.2, 0.25) is 0 Å². The lowest BCUT2D eigenvalue weighted by molar-refractivity contribution is -0.139. The lowest BCUT2D eigenvalue weighted by Gasteiger charge is -2.24. The third-order valence-corrected chi connectivity index (χ3v) is 3.19. The maximum Gasteiger partial charge on any atom is 0.326 e. The Balaban J connectivity index is 2.67. The number of hydrogen-bond donors (Lipinski definition) is 2. The standard InChI is InChI=1S/C16H24N2O3/c1-4-18(11-13-8-6-5-7-9-13)16(21)17-14(15(19)20)10-12(2)3/h5-9,12,14H,4,10-11H2,1-3H3,(H,17,21)(H,19,20). The topological polar surface area (TPSA) is 69.6 Å². The second-order valence-corrected chi connectivity index (χ2v) is 5.47. The number of benzene rings is 1. The Kier molecular flexibility index (Phi) is 6.72. The van der Waals surface area contributed by atoms with E-state index in [1.807, 2.05) is 51.1 Å². The zero-order chi connectivity index (χ0) is 15.8. The monoisotopic (exact) mass is 292 g/mol. The summed E-state index contributed by atoms with van der Waals surface area (Å²) in [7, 11) is 0. The highest BCUT2D eigenvalue weighted by Crippen LogP contribution is 2.08. The maximum absolute atomic E-state index is 12.2. The molecule has 2 amide bonds. The van der Waals surface area contributed by atoms with Gasteiger partial charge in [-0.3, -0.25) is 0 Å². The number of carbonyl (C=O) groups excluding carboxylic acids is 1. The van der Waals surface area contributed by atoms with Crippen LogP contribution in [0.15, 0.2) is 30.3 Å². The molecule has 0 fully saturated rings. The highest BCUT2D eigenvalue weighted by atomic mass is 16.4. The number of amides is 2. The van der Waals surface area contributed by atoms with Gasteiger partial charge in [-0.1, -0.05) is 44.2 Å². The first-order valence-electron chi connectivity index (χ1n) is 7.26. The van der Waals surface area contributed by atoms with Gasteiger partial charge in [-0.2, -0.15) is 0 Å². The molecule has 2 N–H and O–H groups in total. The highest BCUT2D eigenvalue weighted by molar-refractivity contribution is 5.82. The van der Waals surface area contributed by atoms with E-state index in [0.29, 0.717) is 19.5 Å². The molecule has 0 radical (unpaired) electrons. The summed E-state index contributed by atoms with van der Waals surface area (Å²) < 4.78 is 0. The minimum Gasteiger partial charge on any atom is -0.480 e. The molecular formula is C16H24N2O3. The predicted molar refractivity (Wildman–Crippen MR) is 81.9 cm³/mol. The molecule has 1 aromatic carbocycles.